The molecule has 2 atom stereocenters. The number of rotatable bonds is 6. The molecule has 0 amide bonds. The highest BCUT2D eigenvalue weighted by Crippen LogP contribution is 2.30. The Kier molecular flexibility index (Phi) is 3.37. The standard InChI is InChI=1S/C14H20N2O2S/c1-10-7-14(10)16-19(17,18)13-4-2-3-11(8-13)9-15-12-5-6-12/h2-4,8,10,12,14-16H,5-7,9H2,1H3. The zero-order valence-electron chi connectivity index (χ0n) is 11.1. The molecule has 1 aromatic rings. The summed E-state index contributed by atoms with van der Waals surface area (Å²) in [7, 11) is -3.35. The normalized spacial score (nSPS) is 26.4. The minimum atomic E-state index is -3.35. The summed E-state index contributed by atoms with van der Waals surface area (Å²) in [5.41, 5.74) is 1.03. The molecule has 2 fully saturated rings. The Morgan fingerprint density at radius 1 is 1.32 bits per heavy atom. The summed E-state index contributed by atoms with van der Waals surface area (Å²) in [5.74, 6) is 0.467. The number of benzene rings is 1. The van der Waals surface area contributed by atoms with Crippen molar-refractivity contribution in [3.8, 4) is 0 Å². The molecule has 2 unspecified atom stereocenters. The molecule has 0 spiro atoms. The smallest absolute Gasteiger partial charge is 0.240 e. The lowest BCUT2D eigenvalue weighted by Crippen LogP contribution is -2.27. The van der Waals surface area contributed by atoms with Crippen LogP contribution in [0.15, 0.2) is 29.2 Å². The molecule has 2 saturated carbocycles. The van der Waals surface area contributed by atoms with Crippen LogP contribution >= 0.6 is 0 Å². The van der Waals surface area contributed by atoms with E-state index in [9.17, 15) is 8.42 Å². The van der Waals surface area contributed by atoms with Crippen molar-refractivity contribution in [1.82, 2.24) is 10.0 Å². The molecule has 19 heavy (non-hydrogen) atoms. The van der Waals surface area contributed by atoms with Gasteiger partial charge in [0.05, 0.1) is 4.90 Å². The fourth-order valence-electron chi connectivity index (χ4n) is 2.13. The molecule has 104 valence electrons. The highest BCUT2D eigenvalue weighted by Gasteiger charge is 2.36. The molecule has 3 rings (SSSR count). The van der Waals surface area contributed by atoms with E-state index in [1.54, 1.807) is 12.1 Å². The van der Waals surface area contributed by atoms with Crippen molar-refractivity contribution in [1.29, 1.82) is 0 Å². The van der Waals surface area contributed by atoms with E-state index in [1.165, 1.54) is 12.8 Å². The number of nitrogens with one attached hydrogen (secondary N) is 2. The maximum atomic E-state index is 12.2. The summed E-state index contributed by atoms with van der Waals surface area (Å²) in [6.45, 7) is 2.80. The van der Waals surface area contributed by atoms with Gasteiger partial charge >= 0.3 is 0 Å². The van der Waals surface area contributed by atoms with E-state index in [-0.39, 0.29) is 6.04 Å². The molecule has 2 aliphatic rings. The summed E-state index contributed by atoms with van der Waals surface area (Å²) in [4.78, 5) is 0.377. The molecule has 5 heteroatoms. The second-order valence-corrected chi connectivity index (χ2v) is 7.46. The van der Waals surface area contributed by atoms with Gasteiger partial charge in [-0.15, -0.1) is 0 Å². The second kappa shape index (κ2) is 4.89. The molecule has 2 N–H and O–H groups in total. The Morgan fingerprint density at radius 3 is 2.68 bits per heavy atom. The Morgan fingerprint density at radius 2 is 2.05 bits per heavy atom. The molecule has 0 aliphatic heterocycles. The maximum Gasteiger partial charge on any atom is 0.240 e. The molecule has 0 bridgehead atoms. The van der Waals surface area contributed by atoms with Gasteiger partial charge in [-0.25, -0.2) is 13.1 Å². The lowest BCUT2D eigenvalue weighted by molar-refractivity contribution is 0.578. The van der Waals surface area contributed by atoms with E-state index in [4.69, 9.17) is 0 Å². The molecule has 2 aliphatic carbocycles. The third kappa shape index (κ3) is 3.35. The number of hydrogen-bond acceptors (Lipinski definition) is 3. The van der Waals surface area contributed by atoms with Gasteiger partial charge in [-0.05, 0) is 42.9 Å². The summed E-state index contributed by atoms with van der Waals surface area (Å²) in [5, 5.41) is 3.40. The van der Waals surface area contributed by atoms with E-state index in [1.807, 2.05) is 12.1 Å². The zero-order valence-corrected chi connectivity index (χ0v) is 11.9. The van der Waals surface area contributed by atoms with Gasteiger partial charge in [-0.2, -0.15) is 0 Å². The lowest BCUT2D eigenvalue weighted by Gasteiger charge is -2.08. The predicted octanol–water partition coefficient (Wildman–Crippen LogP) is 1.63. The molecule has 4 nitrogen and oxygen atoms in total. The van der Waals surface area contributed by atoms with Gasteiger partial charge in [0.25, 0.3) is 0 Å². The van der Waals surface area contributed by atoms with Crippen LogP contribution in [0.3, 0.4) is 0 Å². The third-order valence-electron chi connectivity index (χ3n) is 3.80. The third-order valence-corrected chi connectivity index (χ3v) is 5.28. The molecule has 0 saturated heterocycles. The summed E-state index contributed by atoms with van der Waals surface area (Å²) >= 11 is 0. The topological polar surface area (TPSA) is 58.2 Å². The first-order valence-electron chi connectivity index (χ1n) is 6.89. The van der Waals surface area contributed by atoms with Gasteiger partial charge in [-0.3, -0.25) is 0 Å². The van der Waals surface area contributed by atoms with Crippen LogP contribution in [0.25, 0.3) is 0 Å². The van der Waals surface area contributed by atoms with Crippen molar-refractivity contribution >= 4 is 10.0 Å². The van der Waals surface area contributed by atoms with Gasteiger partial charge in [-0.1, -0.05) is 19.1 Å². The minimum Gasteiger partial charge on any atom is -0.310 e. The van der Waals surface area contributed by atoms with Gasteiger partial charge in [0.15, 0.2) is 0 Å². The summed E-state index contributed by atoms with van der Waals surface area (Å²) in [6.07, 6.45) is 3.42. The second-order valence-electron chi connectivity index (χ2n) is 5.74. The van der Waals surface area contributed by atoms with Crippen molar-refractivity contribution in [3.05, 3.63) is 29.8 Å². The van der Waals surface area contributed by atoms with Crippen molar-refractivity contribution < 1.29 is 8.42 Å². The average molecular weight is 280 g/mol. The molecule has 0 heterocycles. The first-order valence-corrected chi connectivity index (χ1v) is 8.37. The van der Waals surface area contributed by atoms with Crippen molar-refractivity contribution in [2.24, 2.45) is 5.92 Å². The fraction of sp³-hybridized carbons (Fsp3) is 0.571. The first kappa shape index (κ1) is 13.1. The molecule has 0 aromatic heterocycles. The van der Waals surface area contributed by atoms with Crippen LogP contribution in [0, 0.1) is 5.92 Å². The van der Waals surface area contributed by atoms with Gasteiger partial charge < -0.3 is 5.32 Å². The largest absolute Gasteiger partial charge is 0.310 e. The Balaban J connectivity index is 1.69. The monoisotopic (exact) mass is 280 g/mol. The Hall–Kier alpha value is -0.910. The molecule has 1 aromatic carbocycles. The summed E-state index contributed by atoms with van der Waals surface area (Å²) in [6, 6.07) is 7.97. The number of hydrogen-bond donors (Lipinski definition) is 2. The van der Waals surface area contributed by atoms with Crippen molar-refractivity contribution in [2.75, 3.05) is 0 Å². The predicted molar refractivity (Wildman–Crippen MR) is 74.2 cm³/mol. The van der Waals surface area contributed by atoms with Gasteiger partial charge in [0.2, 0.25) is 10.0 Å². The van der Waals surface area contributed by atoms with E-state index in [0.29, 0.717) is 16.9 Å². The van der Waals surface area contributed by atoms with Crippen LogP contribution in [-0.2, 0) is 16.6 Å². The zero-order chi connectivity index (χ0) is 13.5. The molecule has 0 radical (unpaired) electrons. The van der Waals surface area contributed by atoms with E-state index in [2.05, 4.69) is 17.0 Å². The number of sulfonamides is 1. The van der Waals surface area contributed by atoms with E-state index in [0.717, 1.165) is 18.5 Å². The van der Waals surface area contributed by atoms with Gasteiger partial charge in [0.1, 0.15) is 0 Å². The lowest BCUT2D eigenvalue weighted by atomic mass is 10.2. The first-order chi connectivity index (χ1) is 9.04. The Bertz CT molecular complexity index is 567. The fourth-order valence-corrected chi connectivity index (χ4v) is 3.55. The van der Waals surface area contributed by atoms with Crippen molar-refractivity contribution in [2.45, 2.75) is 49.7 Å². The van der Waals surface area contributed by atoms with E-state index >= 15 is 0 Å². The molecular weight excluding hydrogens is 260 g/mol. The summed E-state index contributed by atoms with van der Waals surface area (Å²) < 4.78 is 27.2. The molecular formula is C14H20N2O2S. The van der Waals surface area contributed by atoms with Crippen LogP contribution < -0.4 is 10.0 Å². The minimum absolute atomic E-state index is 0.123. The highest BCUT2D eigenvalue weighted by molar-refractivity contribution is 7.89. The van der Waals surface area contributed by atoms with Crippen molar-refractivity contribution in [3.63, 3.8) is 0 Å². The van der Waals surface area contributed by atoms with Crippen LogP contribution in [0.2, 0.25) is 0 Å². The van der Waals surface area contributed by atoms with Crippen LogP contribution in [0.1, 0.15) is 31.7 Å². The quantitative estimate of drug-likeness (QED) is 0.832. The SMILES string of the molecule is CC1CC1NS(=O)(=O)c1cccc(CNC2CC2)c1. The Labute approximate surface area is 114 Å². The average Bonchev–Trinajstić information content (AvgIpc) is 3.27. The van der Waals surface area contributed by atoms with Crippen LogP contribution in [0.4, 0.5) is 0 Å². The van der Waals surface area contributed by atoms with E-state index < -0.39 is 10.0 Å². The van der Waals surface area contributed by atoms with Gasteiger partial charge in [0, 0.05) is 18.6 Å². The van der Waals surface area contributed by atoms with Crippen LogP contribution in [-0.4, -0.2) is 20.5 Å². The van der Waals surface area contributed by atoms with Crippen LogP contribution in [0.5, 0.6) is 0 Å². The highest BCUT2D eigenvalue weighted by atomic mass is 32.2. The maximum absolute atomic E-state index is 12.2.